The van der Waals surface area contributed by atoms with Crippen LogP contribution < -0.4 is 10.1 Å². The molecule has 3 aliphatic rings. The van der Waals surface area contributed by atoms with Gasteiger partial charge in [-0.3, -0.25) is 4.79 Å². The van der Waals surface area contributed by atoms with E-state index in [4.69, 9.17) is 9.47 Å². The van der Waals surface area contributed by atoms with E-state index in [-0.39, 0.29) is 23.8 Å². The van der Waals surface area contributed by atoms with Gasteiger partial charge in [-0.15, -0.1) is 0 Å². The number of allylic oxidation sites excluding steroid dienone is 3. The minimum absolute atomic E-state index is 0.0487. The molecule has 2 atom stereocenters. The second-order valence-electron chi connectivity index (χ2n) is 10.1. The molecule has 0 spiro atoms. The number of hydrogen-bond donors (Lipinski definition) is 1. The quantitative estimate of drug-likeness (QED) is 0.485. The van der Waals surface area contributed by atoms with Crippen molar-refractivity contribution in [3.63, 3.8) is 0 Å². The van der Waals surface area contributed by atoms with Gasteiger partial charge < -0.3 is 14.8 Å². The summed E-state index contributed by atoms with van der Waals surface area (Å²) >= 11 is 0. The van der Waals surface area contributed by atoms with E-state index in [9.17, 15) is 9.59 Å². The molecule has 1 fully saturated rings. The summed E-state index contributed by atoms with van der Waals surface area (Å²) < 4.78 is 11.7. The molecule has 1 N–H and O–H groups in total. The topological polar surface area (TPSA) is 64.6 Å². The van der Waals surface area contributed by atoms with Crippen molar-refractivity contribution in [2.45, 2.75) is 76.7 Å². The molecule has 1 heterocycles. The van der Waals surface area contributed by atoms with Gasteiger partial charge in [0.05, 0.1) is 12.2 Å². The number of nitrogens with one attached hydrogen (secondary N) is 1. The normalized spacial score (nSPS) is 22.7. The SMILES string of the molecule is CCOc1ccc(C2C(C(=O)OC3CCCCC3)=C(C)NC3=C2C(=O)CC(c2ccccc2)C3)cc1. The van der Waals surface area contributed by atoms with Crippen LogP contribution in [0.25, 0.3) is 0 Å². The van der Waals surface area contributed by atoms with Crippen molar-refractivity contribution < 1.29 is 19.1 Å². The molecular formula is C31H35NO4. The highest BCUT2D eigenvalue weighted by Gasteiger charge is 2.41. The fourth-order valence-electron chi connectivity index (χ4n) is 5.92. The highest BCUT2D eigenvalue weighted by atomic mass is 16.5. The third-order valence-corrected chi connectivity index (χ3v) is 7.67. The van der Waals surface area contributed by atoms with E-state index in [1.54, 1.807) is 0 Å². The Labute approximate surface area is 213 Å². The van der Waals surface area contributed by atoms with Crippen LogP contribution in [0.3, 0.4) is 0 Å². The van der Waals surface area contributed by atoms with Crippen LogP contribution in [0.5, 0.6) is 5.75 Å². The summed E-state index contributed by atoms with van der Waals surface area (Å²) in [7, 11) is 0. The Balaban J connectivity index is 1.52. The minimum Gasteiger partial charge on any atom is -0.494 e. The van der Waals surface area contributed by atoms with Crippen LogP contribution in [0.4, 0.5) is 0 Å². The van der Waals surface area contributed by atoms with E-state index in [0.29, 0.717) is 24.2 Å². The van der Waals surface area contributed by atoms with Crippen LogP contribution in [0, 0.1) is 0 Å². The Kier molecular flexibility index (Phi) is 7.26. The number of ketones is 1. The first-order valence-corrected chi connectivity index (χ1v) is 13.3. The fourth-order valence-corrected chi connectivity index (χ4v) is 5.92. The van der Waals surface area contributed by atoms with Crippen molar-refractivity contribution in [1.29, 1.82) is 0 Å². The highest BCUT2D eigenvalue weighted by Crippen LogP contribution is 2.46. The average molecular weight is 486 g/mol. The summed E-state index contributed by atoms with van der Waals surface area (Å²) in [5, 5.41) is 3.46. The Morgan fingerprint density at radius 2 is 1.67 bits per heavy atom. The summed E-state index contributed by atoms with van der Waals surface area (Å²) in [6.07, 6.45) is 6.31. The van der Waals surface area contributed by atoms with E-state index in [0.717, 1.165) is 54.8 Å². The van der Waals surface area contributed by atoms with Crippen LogP contribution in [-0.4, -0.2) is 24.5 Å². The maximum absolute atomic E-state index is 13.7. The van der Waals surface area contributed by atoms with Gasteiger partial charge in [0, 0.05) is 29.3 Å². The molecule has 5 rings (SSSR count). The van der Waals surface area contributed by atoms with Gasteiger partial charge in [-0.25, -0.2) is 4.79 Å². The summed E-state index contributed by atoms with van der Waals surface area (Å²) in [4.78, 5) is 27.4. The zero-order chi connectivity index (χ0) is 25.1. The van der Waals surface area contributed by atoms with Crippen molar-refractivity contribution >= 4 is 11.8 Å². The molecule has 188 valence electrons. The van der Waals surface area contributed by atoms with Crippen LogP contribution in [0.1, 0.15) is 81.8 Å². The van der Waals surface area contributed by atoms with E-state index >= 15 is 0 Å². The fraction of sp³-hybridized carbons (Fsp3) is 0.419. The first-order chi connectivity index (χ1) is 17.5. The van der Waals surface area contributed by atoms with Crippen molar-refractivity contribution in [3.05, 3.63) is 88.3 Å². The molecule has 5 heteroatoms. The van der Waals surface area contributed by atoms with Gasteiger partial charge in [0.2, 0.25) is 0 Å². The predicted molar refractivity (Wildman–Crippen MR) is 140 cm³/mol. The molecule has 0 bridgehead atoms. The van der Waals surface area contributed by atoms with E-state index in [1.165, 1.54) is 12.0 Å². The Morgan fingerprint density at radius 1 is 0.944 bits per heavy atom. The van der Waals surface area contributed by atoms with Gasteiger partial charge in [-0.2, -0.15) is 0 Å². The lowest BCUT2D eigenvalue weighted by atomic mass is 9.71. The summed E-state index contributed by atoms with van der Waals surface area (Å²) in [5.41, 5.74) is 5.03. The van der Waals surface area contributed by atoms with Crippen molar-refractivity contribution in [2.24, 2.45) is 0 Å². The number of esters is 1. The van der Waals surface area contributed by atoms with Crippen LogP contribution in [-0.2, 0) is 14.3 Å². The minimum atomic E-state index is -0.447. The molecule has 1 saturated carbocycles. The second-order valence-corrected chi connectivity index (χ2v) is 10.1. The number of rotatable bonds is 6. The molecule has 36 heavy (non-hydrogen) atoms. The maximum Gasteiger partial charge on any atom is 0.337 e. The molecule has 0 radical (unpaired) electrons. The third-order valence-electron chi connectivity index (χ3n) is 7.67. The lowest BCUT2D eigenvalue weighted by molar-refractivity contribution is -0.146. The predicted octanol–water partition coefficient (Wildman–Crippen LogP) is 6.32. The summed E-state index contributed by atoms with van der Waals surface area (Å²) in [5.74, 6) is 0.226. The molecule has 2 aromatic carbocycles. The van der Waals surface area contributed by atoms with E-state index in [1.807, 2.05) is 56.3 Å². The zero-order valence-electron chi connectivity index (χ0n) is 21.2. The first kappa shape index (κ1) is 24.4. The van der Waals surface area contributed by atoms with Crippen molar-refractivity contribution in [3.8, 4) is 5.75 Å². The number of ether oxygens (including phenoxy) is 2. The van der Waals surface area contributed by atoms with Gasteiger partial charge in [0.25, 0.3) is 0 Å². The van der Waals surface area contributed by atoms with Gasteiger partial charge in [-0.05, 0) is 75.1 Å². The summed E-state index contributed by atoms with van der Waals surface area (Å²) in [6.45, 7) is 4.46. The van der Waals surface area contributed by atoms with Crippen LogP contribution in [0.2, 0.25) is 0 Å². The molecule has 5 nitrogen and oxygen atoms in total. The lowest BCUT2D eigenvalue weighted by Gasteiger charge is -2.37. The number of dihydropyridines is 1. The standard InChI is InChI=1S/C31H35NO4/c1-3-35-24-16-14-22(15-17-24)29-28(31(34)36-25-12-8-5-9-13-25)20(2)32-26-18-23(19-27(33)30(26)29)21-10-6-4-7-11-21/h4,6-7,10-11,14-17,23,25,29,32H,3,5,8-9,12-13,18-19H2,1-2H3. The van der Waals surface area contributed by atoms with Crippen LogP contribution in [0.15, 0.2) is 77.1 Å². The molecule has 1 aliphatic heterocycles. The number of hydrogen-bond acceptors (Lipinski definition) is 5. The van der Waals surface area contributed by atoms with Gasteiger partial charge in [0.15, 0.2) is 5.78 Å². The molecule has 0 saturated heterocycles. The van der Waals surface area contributed by atoms with E-state index < -0.39 is 5.92 Å². The number of Topliss-reactive ketones (excluding diaryl/α,β-unsaturated/α-hetero) is 1. The monoisotopic (exact) mass is 485 g/mol. The maximum atomic E-state index is 13.7. The number of carbonyl (C=O) groups excluding carboxylic acids is 2. The van der Waals surface area contributed by atoms with Gasteiger partial charge in [0.1, 0.15) is 11.9 Å². The number of carbonyl (C=O) groups is 2. The molecule has 0 aromatic heterocycles. The van der Waals surface area contributed by atoms with E-state index in [2.05, 4.69) is 17.4 Å². The number of benzene rings is 2. The molecular weight excluding hydrogens is 450 g/mol. The second kappa shape index (κ2) is 10.7. The summed E-state index contributed by atoms with van der Waals surface area (Å²) in [6, 6.07) is 18.0. The Bertz CT molecular complexity index is 1170. The smallest absolute Gasteiger partial charge is 0.337 e. The Morgan fingerprint density at radius 3 is 2.36 bits per heavy atom. The Hall–Kier alpha value is -3.34. The molecule has 2 aliphatic carbocycles. The highest BCUT2D eigenvalue weighted by molar-refractivity contribution is 6.04. The van der Waals surface area contributed by atoms with Gasteiger partial charge >= 0.3 is 5.97 Å². The first-order valence-electron chi connectivity index (χ1n) is 13.3. The van der Waals surface area contributed by atoms with Crippen LogP contribution >= 0.6 is 0 Å². The van der Waals surface area contributed by atoms with Crippen molar-refractivity contribution in [2.75, 3.05) is 6.61 Å². The van der Waals surface area contributed by atoms with Gasteiger partial charge in [-0.1, -0.05) is 48.9 Å². The molecule has 0 amide bonds. The lowest BCUT2D eigenvalue weighted by Crippen LogP contribution is -2.37. The van der Waals surface area contributed by atoms with Crippen molar-refractivity contribution in [1.82, 2.24) is 5.32 Å². The largest absolute Gasteiger partial charge is 0.494 e. The zero-order valence-corrected chi connectivity index (χ0v) is 21.2. The molecule has 2 aromatic rings. The molecule has 2 unspecified atom stereocenters. The third kappa shape index (κ3) is 4.97. The average Bonchev–Trinajstić information content (AvgIpc) is 2.89.